The van der Waals surface area contributed by atoms with Gasteiger partial charge in [0.25, 0.3) is 0 Å². The number of hydrogen-bond acceptors (Lipinski definition) is 3. The van der Waals surface area contributed by atoms with Crippen molar-refractivity contribution in [1.82, 2.24) is 9.97 Å². The van der Waals surface area contributed by atoms with E-state index in [4.69, 9.17) is 0 Å². The highest BCUT2D eigenvalue weighted by Gasteiger charge is 2.40. The van der Waals surface area contributed by atoms with Crippen LogP contribution >= 0.6 is 0 Å². The van der Waals surface area contributed by atoms with Gasteiger partial charge in [0.05, 0.1) is 24.0 Å². The van der Waals surface area contributed by atoms with Crippen LogP contribution in [0.4, 0.5) is 13.2 Å². The zero-order chi connectivity index (χ0) is 11.7. The van der Waals surface area contributed by atoms with Crippen LogP contribution in [0.2, 0.25) is 0 Å². The van der Waals surface area contributed by atoms with Crippen molar-refractivity contribution in [3.63, 3.8) is 0 Å². The smallest absolute Gasteiger partial charge is 0.383 e. The summed E-state index contributed by atoms with van der Waals surface area (Å²) in [5.41, 5.74) is -1.52. The van der Waals surface area contributed by atoms with E-state index in [1.807, 2.05) is 0 Å². The summed E-state index contributed by atoms with van der Waals surface area (Å²) in [6.45, 7) is 2.73. The second-order valence-corrected chi connectivity index (χ2v) is 3.61. The average molecular weight is 220 g/mol. The number of hydrogen-bond donors (Lipinski definition) is 1. The fourth-order valence-electron chi connectivity index (χ4n) is 1.15. The van der Waals surface area contributed by atoms with Gasteiger partial charge in [-0.05, 0) is 13.8 Å². The second-order valence-electron chi connectivity index (χ2n) is 3.61. The number of halogens is 3. The van der Waals surface area contributed by atoms with Gasteiger partial charge in [0, 0.05) is 6.20 Å². The quantitative estimate of drug-likeness (QED) is 0.828. The van der Waals surface area contributed by atoms with Crippen LogP contribution < -0.4 is 0 Å². The van der Waals surface area contributed by atoms with Crippen LogP contribution in [0.15, 0.2) is 12.4 Å². The van der Waals surface area contributed by atoms with Crippen LogP contribution in [0, 0.1) is 6.92 Å². The highest BCUT2D eigenvalue weighted by atomic mass is 19.4. The van der Waals surface area contributed by atoms with Gasteiger partial charge in [0.2, 0.25) is 0 Å². The minimum atomic E-state index is -4.43. The van der Waals surface area contributed by atoms with Gasteiger partial charge in [-0.1, -0.05) is 0 Å². The van der Waals surface area contributed by atoms with E-state index in [1.165, 1.54) is 6.20 Å². The number of aliphatic hydroxyl groups is 1. The molecule has 0 spiro atoms. The highest BCUT2D eigenvalue weighted by Crippen LogP contribution is 2.32. The molecule has 1 aromatic heterocycles. The summed E-state index contributed by atoms with van der Waals surface area (Å²) in [6.07, 6.45) is -3.30. The summed E-state index contributed by atoms with van der Waals surface area (Å²) in [5.74, 6) is 0. The Morgan fingerprint density at radius 2 is 1.87 bits per heavy atom. The lowest BCUT2D eigenvalue weighted by atomic mass is 9.98. The van der Waals surface area contributed by atoms with Crippen LogP contribution in [0.5, 0.6) is 0 Å². The van der Waals surface area contributed by atoms with E-state index >= 15 is 0 Å². The first-order chi connectivity index (χ1) is 6.71. The van der Waals surface area contributed by atoms with Gasteiger partial charge < -0.3 is 5.11 Å². The average Bonchev–Trinajstić information content (AvgIpc) is 2.00. The molecule has 1 aromatic rings. The van der Waals surface area contributed by atoms with E-state index in [0.717, 1.165) is 13.1 Å². The summed E-state index contributed by atoms with van der Waals surface area (Å²) >= 11 is 0. The van der Waals surface area contributed by atoms with Crippen molar-refractivity contribution in [3.8, 4) is 0 Å². The molecule has 1 atom stereocenters. The molecule has 0 saturated heterocycles. The van der Waals surface area contributed by atoms with Gasteiger partial charge >= 0.3 is 6.18 Å². The van der Waals surface area contributed by atoms with Crippen molar-refractivity contribution in [1.29, 1.82) is 0 Å². The topological polar surface area (TPSA) is 46.0 Å². The first-order valence-corrected chi connectivity index (χ1v) is 4.29. The fraction of sp³-hybridized carbons (Fsp3) is 0.556. The SMILES string of the molecule is Cc1cnc(C(C)(O)CC(F)(F)F)cn1. The first kappa shape index (κ1) is 11.9. The number of aromatic nitrogens is 2. The monoisotopic (exact) mass is 220 g/mol. The van der Waals surface area contributed by atoms with Gasteiger partial charge in [-0.3, -0.25) is 9.97 Å². The summed E-state index contributed by atoms with van der Waals surface area (Å²) in [4.78, 5) is 7.51. The summed E-state index contributed by atoms with van der Waals surface area (Å²) < 4.78 is 36.3. The highest BCUT2D eigenvalue weighted by molar-refractivity contribution is 5.09. The van der Waals surface area contributed by atoms with E-state index in [1.54, 1.807) is 6.92 Å². The third kappa shape index (κ3) is 3.47. The van der Waals surface area contributed by atoms with Crippen molar-refractivity contribution in [3.05, 3.63) is 23.8 Å². The summed E-state index contributed by atoms with van der Waals surface area (Å²) in [5, 5.41) is 9.59. The molecular weight excluding hydrogens is 209 g/mol. The Kier molecular flexibility index (Phi) is 2.99. The Morgan fingerprint density at radius 1 is 1.27 bits per heavy atom. The molecule has 1 rings (SSSR count). The predicted molar refractivity (Wildman–Crippen MR) is 47.0 cm³/mol. The molecule has 0 amide bonds. The van der Waals surface area contributed by atoms with E-state index in [2.05, 4.69) is 9.97 Å². The lowest BCUT2D eigenvalue weighted by Gasteiger charge is -2.23. The molecule has 0 aliphatic heterocycles. The zero-order valence-corrected chi connectivity index (χ0v) is 8.34. The van der Waals surface area contributed by atoms with Crippen molar-refractivity contribution in [2.45, 2.75) is 32.0 Å². The van der Waals surface area contributed by atoms with E-state index in [9.17, 15) is 18.3 Å². The Morgan fingerprint density at radius 3 is 2.27 bits per heavy atom. The molecule has 15 heavy (non-hydrogen) atoms. The largest absolute Gasteiger partial charge is 0.392 e. The van der Waals surface area contributed by atoms with E-state index in [0.29, 0.717) is 5.69 Å². The van der Waals surface area contributed by atoms with Crippen molar-refractivity contribution in [2.24, 2.45) is 0 Å². The Labute approximate surface area is 85.0 Å². The van der Waals surface area contributed by atoms with Gasteiger partial charge in [0.15, 0.2) is 0 Å². The normalized spacial score (nSPS) is 16.1. The molecule has 1 N–H and O–H groups in total. The third-order valence-corrected chi connectivity index (χ3v) is 1.88. The van der Waals surface area contributed by atoms with E-state index in [-0.39, 0.29) is 5.69 Å². The summed E-state index contributed by atoms with van der Waals surface area (Å²) in [6, 6.07) is 0. The molecule has 1 unspecified atom stereocenters. The fourth-order valence-corrected chi connectivity index (χ4v) is 1.15. The molecule has 0 fully saturated rings. The van der Waals surface area contributed by atoms with Gasteiger partial charge in [-0.15, -0.1) is 0 Å². The number of rotatable bonds is 2. The predicted octanol–water partition coefficient (Wildman–Crippen LogP) is 1.94. The first-order valence-electron chi connectivity index (χ1n) is 4.29. The third-order valence-electron chi connectivity index (χ3n) is 1.88. The molecule has 0 saturated carbocycles. The maximum Gasteiger partial charge on any atom is 0.392 e. The molecule has 0 bridgehead atoms. The van der Waals surface area contributed by atoms with Crippen LogP contribution in [0.25, 0.3) is 0 Å². The Hall–Kier alpha value is -1.17. The van der Waals surface area contributed by atoms with Crippen LogP contribution in [0.1, 0.15) is 24.7 Å². The molecule has 0 aromatic carbocycles. The molecule has 6 heteroatoms. The standard InChI is InChI=1S/C9H11F3N2O/c1-6-3-14-7(4-13-6)8(2,15)5-9(10,11)12/h3-4,15H,5H2,1-2H3. The maximum absolute atomic E-state index is 12.1. The molecular formula is C9H11F3N2O. The molecule has 0 aliphatic carbocycles. The lowest BCUT2D eigenvalue weighted by molar-refractivity contribution is -0.175. The minimum Gasteiger partial charge on any atom is -0.383 e. The minimum absolute atomic E-state index is 0.0783. The Bertz CT molecular complexity index is 332. The van der Waals surface area contributed by atoms with Crippen molar-refractivity contribution >= 4 is 0 Å². The zero-order valence-electron chi connectivity index (χ0n) is 8.34. The van der Waals surface area contributed by atoms with E-state index < -0.39 is 18.2 Å². The van der Waals surface area contributed by atoms with Crippen molar-refractivity contribution in [2.75, 3.05) is 0 Å². The maximum atomic E-state index is 12.1. The van der Waals surface area contributed by atoms with Gasteiger partial charge in [-0.2, -0.15) is 13.2 Å². The number of alkyl halides is 3. The lowest BCUT2D eigenvalue weighted by Crippen LogP contribution is -2.30. The second kappa shape index (κ2) is 3.77. The van der Waals surface area contributed by atoms with Gasteiger partial charge in [-0.25, -0.2) is 0 Å². The molecule has 0 radical (unpaired) electrons. The molecule has 1 heterocycles. The molecule has 0 aliphatic rings. The van der Waals surface area contributed by atoms with Crippen LogP contribution in [-0.2, 0) is 5.60 Å². The number of aryl methyl sites for hydroxylation is 1. The Balaban J connectivity index is 2.90. The molecule has 3 nitrogen and oxygen atoms in total. The van der Waals surface area contributed by atoms with Crippen LogP contribution in [-0.4, -0.2) is 21.3 Å². The van der Waals surface area contributed by atoms with Crippen LogP contribution in [0.3, 0.4) is 0 Å². The number of nitrogens with zero attached hydrogens (tertiary/aromatic N) is 2. The van der Waals surface area contributed by atoms with Gasteiger partial charge in [0.1, 0.15) is 5.60 Å². The molecule has 84 valence electrons. The summed E-state index contributed by atoms with van der Waals surface area (Å²) in [7, 11) is 0. The van der Waals surface area contributed by atoms with Crippen molar-refractivity contribution < 1.29 is 18.3 Å².